The van der Waals surface area contributed by atoms with Gasteiger partial charge in [-0.15, -0.1) is 0 Å². The second-order valence-corrected chi connectivity index (χ2v) is 4.01. The molecule has 1 aromatic carbocycles. The van der Waals surface area contributed by atoms with E-state index < -0.39 is 0 Å². The summed E-state index contributed by atoms with van der Waals surface area (Å²) in [6.45, 7) is 6.11. The minimum Gasteiger partial charge on any atom is -0.379 e. The maximum absolute atomic E-state index is 13.5. The van der Waals surface area contributed by atoms with Crippen molar-refractivity contribution in [3.05, 3.63) is 24.0 Å². The molecular formula is C12H17FN2. The van der Waals surface area contributed by atoms with E-state index in [0.29, 0.717) is 11.7 Å². The first-order valence-corrected chi connectivity index (χ1v) is 5.53. The molecule has 15 heavy (non-hydrogen) atoms. The van der Waals surface area contributed by atoms with Crippen LogP contribution in [0.3, 0.4) is 0 Å². The molecular weight excluding hydrogens is 191 g/mol. The smallest absolute Gasteiger partial charge is 0.148 e. The van der Waals surface area contributed by atoms with Gasteiger partial charge in [0.15, 0.2) is 0 Å². The normalized spacial score (nSPS) is 16.9. The highest BCUT2D eigenvalue weighted by atomic mass is 19.1. The molecule has 0 aromatic heterocycles. The average Bonchev–Trinajstić information content (AvgIpc) is 2.28. The van der Waals surface area contributed by atoms with Gasteiger partial charge >= 0.3 is 0 Å². The summed E-state index contributed by atoms with van der Waals surface area (Å²) in [5, 5.41) is 3.12. The lowest BCUT2D eigenvalue weighted by Gasteiger charge is -2.36. The quantitative estimate of drug-likeness (QED) is 0.804. The molecule has 0 saturated heterocycles. The molecule has 3 heteroatoms. The molecule has 0 radical (unpaired) electrons. The topological polar surface area (TPSA) is 15.3 Å². The molecule has 1 aliphatic heterocycles. The van der Waals surface area contributed by atoms with Crippen molar-refractivity contribution in [2.45, 2.75) is 26.3 Å². The Labute approximate surface area is 90.1 Å². The zero-order valence-electron chi connectivity index (χ0n) is 9.26. The molecule has 1 aromatic rings. The van der Waals surface area contributed by atoms with Crippen molar-refractivity contribution >= 4 is 11.4 Å². The van der Waals surface area contributed by atoms with Crippen LogP contribution < -0.4 is 10.2 Å². The molecule has 1 unspecified atom stereocenters. The summed E-state index contributed by atoms with van der Waals surface area (Å²) in [5.41, 5.74) is 1.65. The first-order chi connectivity index (χ1) is 7.24. The molecule has 2 nitrogen and oxygen atoms in total. The predicted molar refractivity (Wildman–Crippen MR) is 62.0 cm³/mol. The molecule has 0 fully saturated rings. The summed E-state index contributed by atoms with van der Waals surface area (Å²) in [6, 6.07) is 5.73. The van der Waals surface area contributed by atoms with Crippen LogP contribution in [0.4, 0.5) is 15.8 Å². The molecule has 0 aliphatic carbocycles. The van der Waals surface area contributed by atoms with Crippen molar-refractivity contribution in [3.63, 3.8) is 0 Å². The third-order valence-corrected chi connectivity index (χ3v) is 3.08. The number of para-hydroxylation sites is 1. The van der Waals surface area contributed by atoms with Gasteiger partial charge in [-0.1, -0.05) is 13.0 Å². The van der Waals surface area contributed by atoms with Crippen LogP contribution in [0.1, 0.15) is 20.3 Å². The molecule has 2 rings (SSSR count). The monoisotopic (exact) mass is 208 g/mol. The Kier molecular flexibility index (Phi) is 2.80. The number of nitrogens with zero attached hydrogens (tertiary/aromatic N) is 1. The largest absolute Gasteiger partial charge is 0.379 e. The summed E-state index contributed by atoms with van der Waals surface area (Å²) in [7, 11) is 0. The standard InChI is InChI=1S/C12H17FN2/c1-3-9(2)15-8-7-14-12-10(13)5-4-6-11(12)15/h4-6,9,14H,3,7-8H2,1-2H3. The zero-order chi connectivity index (χ0) is 10.8. The first-order valence-electron chi connectivity index (χ1n) is 5.53. The second kappa shape index (κ2) is 4.09. The van der Waals surface area contributed by atoms with Crippen LogP contribution in [0.5, 0.6) is 0 Å². The van der Waals surface area contributed by atoms with Gasteiger partial charge in [-0.25, -0.2) is 4.39 Å². The van der Waals surface area contributed by atoms with E-state index in [4.69, 9.17) is 0 Å². The lowest BCUT2D eigenvalue weighted by molar-refractivity contribution is 0.597. The van der Waals surface area contributed by atoms with Gasteiger partial charge in [0.05, 0.1) is 11.4 Å². The summed E-state index contributed by atoms with van der Waals surface area (Å²) in [6.07, 6.45) is 1.08. The van der Waals surface area contributed by atoms with Crippen molar-refractivity contribution in [3.8, 4) is 0 Å². The van der Waals surface area contributed by atoms with Crippen molar-refractivity contribution in [2.75, 3.05) is 23.3 Å². The van der Waals surface area contributed by atoms with Crippen LogP contribution in [0, 0.1) is 5.82 Å². The molecule has 0 saturated carbocycles. The van der Waals surface area contributed by atoms with E-state index in [9.17, 15) is 4.39 Å². The van der Waals surface area contributed by atoms with Gasteiger partial charge in [0.2, 0.25) is 0 Å². The predicted octanol–water partition coefficient (Wildman–Crippen LogP) is 2.86. The Morgan fingerprint density at radius 3 is 3.07 bits per heavy atom. The van der Waals surface area contributed by atoms with E-state index >= 15 is 0 Å². The highest BCUT2D eigenvalue weighted by molar-refractivity contribution is 5.73. The van der Waals surface area contributed by atoms with Crippen LogP contribution in [0.25, 0.3) is 0 Å². The van der Waals surface area contributed by atoms with Gasteiger partial charge in [-0.05, 0) is 25.5 Å². The number of nitrogens with one attached hydrogen (secondary N) is 1. The lowest BCUT2D eigenvalue weighted by Crippen LogP contribution is -2.40. The maximum atomic E-state index is 13.5. The number of hydrogen-bond donors (Lipinski definition) is 1. The van der Waals surface area contributed by atoms with E-state index in [0.717, 1.165) is 25.2 Å². The second-order valence-electron chi connectivity index (χ2n) is 4.01. The molecule has 1 aliphatic rings. The van der Waals surface area contributed by atoms with E-state index in [1.165, 1.54) is 6.07 Å². The fraction of sp³-hybridized carbons (Fsp3) is 0.500. The summed E-state index contributed by atoms with van der Waals surface area (Å²) < 4.78 is 13.5. The Hall–Kier alpha value is -1.25. The van der Waals surface area contributed by atoms with Crippen LogP contribution in [0.15, 0.2) is 18.2 Å². The third-order valence-electron chi connectivity index (χ3n) is 3.08. The highest BCUT2D eigenvalue weighted by Gasteiger charge is 2.21. The highest BCUT2D eigenvalue weighted by Crippen LogP contribution is 2.32. The van der Waals surface area contributed by atoms with E-state index in [1.807, 2.05) is 6.07 Å². The molecule has 1 N–H and O–H groups in total. The number of hydrogen-bond acceptors (Lipinski definition) is 2. The zero-order valence-corrected chi connectivity index (χ0v) is 9.26. The van der Waals surface area contributed by atoms with Gasteiger partial charge in [0.1, 0.15) is 5.82 Å². The van der Waals surface area contributed by atoms with Gasteiger partial charge in [-0.3, -0.25) is 0 Å². The van der Waals surface area contributed by atoms with Crippen molar-refractivity contribution in [1.82, 2.24) is 0 Å². The lowest BCUT2D eigenvalue weighted by atomic mass is 10.1. The molecule has 1 atom stereocenters. The average molecular weight is 208 g/mol. The van der Waals surface area contributed by atoms with E-state index in [2.05, 4.69) is 24.1 Å². The van der Waals surface area contributed by atoms with Crippen LogP contribution in [-0.2, 0) is 0 Å². The summed E-state index contributed by atoms with van der Waals surface area (Å²) >= 11 is 0. The van der Waals surface area contributed by atoms with Crippen LogP contribution >= 0.6 is 0 Å². The molecule has 1 heterocycles. The van der Waals surface area contributed by atoms with E-state index in [-0.39, 0.29) is 5.82 Å². The van der Waals surface area contributed by atoms with Crippen LogP contribution in [-0.4, -0.2) is 19.1 Å². The Morgan fingerprint density at radius 2 is 2.33 bits per heavy atom. The fourth-order valence-corrected chi connectivity index (χ4v) is 2.03. The van der Waals surface area contributed by atoms with Gasteiger partial charge in [0, 0.05) is 19.1 Å². The Balaban J connectivity index is 2.38. The number of rotatable bonds is 2. The van der Waals surface area contributed by atoms with Gasteiger partial charge < -0.3 is 10.2 Å². The maximum Gasteiger partial charge on any atom is 0.148 e. The summed E-state index contributed by atoms with van der Waals surface area (Å²) in [5.74, 6) is -0.152. The van der Waals surface area contributed by atoms with Crippen LogP contribution in [0.2, 0.25) is 0 Å². The number of fused-ring (bicyclic) bond motifs is 1. The number of anilines is 2. The molecule has 0 amide bonds. The molecule has 0 bridgehead atoms. The first kappa shape index (κ1) is 10.3. The number of halogens is 1. The van der Waals surface area contributed by atoms with Crippen molar-refractivity contribution < 1.29 is 4.39 Å². The summed E-state index contributed by atoms with van der Waals surface area (Å²) in [4.78, 5) is 2.27. The van der Waals surface area contributed by atoms with E-state index in [1.54, 1.807) is 6.07 Å². The minimum atomic E-state index is -0.152. The van der Waals surface area contributed by atoms with Crippen molar-refractivity contribution in [2.24, 2.45) is 0 Å². The fourth-order valence-electron chi connectivity index (χ4n) is 2.03. The molecule has 0 spiro atoms. The third kappa shape index (κ3) is 1.78. The Bertz CT molecular complexity index is 351. The van der Waals surface area contributed by atoms with Crippen molar-refractivity contribution in [1.29, 1.82) is 0 Å². The van der Waals surface area contributed by atoms with Gasteiger partial charge in [-0.2, -0.15) is 0 Å². The van der Waals surface area contributed by atoms with Gasteiger partial charge in [0.25, 0.3) is 0 Å². The Morgan fingerprint density at radius 1 is 1.53 bits per heavy atom. The SMILES string of the molecule is CCC(C)N1CCNc2c(F)cccc21. The minimum absolute atomic E-state index is 0.152. The molecule has 82 valence electrons. The number of benzene rings is 1.